The molecule has 94 valence electrons. The van der Waals surface area contributed by atoms with Crippen molar-refractivity contribution in [3.63, 3.8) is 0 Å². The fourth-order valence-electron chi connectivity index (χ4n) is 1.17. The normalized spacial score (nSPS) is 10.4. The zero-order chi connectivity index (χ0) is 13.0. The molecule has 0 bridgehead atoms. The van der Waals surface area contributed by atoms with Crippen LogP contribution >= 0.6 is 22.9 Å². The molecule has 1 aromatic heterocycles. The van der Waals surface area contributed by atoms with E-state index in [9.17, 15) is 9.59 Å². The lowest BCUT2D eigenvalue weighted by atomic mass is 10.1. The van der Waals surface area contributed by atoms with Crippen molar-refractivity contribution in [2.45, 2.75) is 19.8 Å². The van der Waals surface area contributed by atoms with Crippen LogP contribution in [0.3, 0.4) is 0 Å². The van der Waals surface area contributed by atoms with Crippen molar-refractivity contribution >= 4 is 34.8 Å². The van der Waals surface area contributed by atoms with Gasteiger partial charge in [-0.2, -0.15) is 0 Å². The molecule has 0 saturated heterocycles. The molecule has 0 spiro atoms. The summed E-state index contributed by atoms with van der Waals surface area (Å²) in [6, 6.07) is 0. The number of hydrogen-bond acceptors (Lipinski definition) is 5. The molecular formula is C10H13ClN2O3S. The minimum atomic E-state index is -0.509. The predicted octanol–water partition coefficient (Wildman–Crippen LogP) is 1.82. The monoisotopic (exact) mass is 276 g/mol. The number of amides is 1. The van der Waals surface area contributed by atoms with Gasteiger partial charge in [0.2, 0.25) is 0 Å². The summed E-state index contributed by atoms with van der Waals surface area (Å²) in [6.07, 6.45) is 0. The van der Waals surface area contributed by atoms with Crippen molar-refractivity contribution in [3.8, 4) is 0 Å². The van der Waals surface area contributed by atoms with Crippen molar-refractivity contribution in [1.29, 1.82) is 0 Å². The van der Waals surface area contributed by atoms with Gasteiger partial charge in [-0.25, -0.2) is 4.98 Å². The van der Waals surface area contributed by atoms with Crippen LogP contribution in [0.1, 0.15) is 35.1 Å². The molecule has 1 aromatic rings. The SMILES string of the molecule is COC(=O)CNC(=O)c1nc(Cl)sc1C(C)C. The van der Waals surface area contributed by atoms with Gasteiger partial charge in [0.15, 0.2) is 4.47 Å². The molecule has 0 aliphatic carbocycles. The van der Waals surface area contributed by atoms with Gasteiger partial charge in [-0.1, -0.05) is 25.4 Å². The average Bonchev–Trinajstić information content (AvgIpc) is 2.67. The number of methoxy groups -OCH3 is 1. The Bertz CT molecular complexity index is 431. The van der Waals surface area contributed by atoms with Gasteiger partial charge in [-0.15, -0.1) is 11.3 Å². The molecule has 0 atom stereocenters. The topological polar surface area (TPSA) is 68.3 Å². The minimum Gasteiger partial charge on any atom is -0.468 e. The van der Waals surface area contributed by atoms with Crippen LogP contribution in [0.25, 0.3) is 0 Å². The maximum atomic E-state index is 11.8. The van der Waals surface area contributed by atoms with E-state index in [1.807, 2.05) is 13.8 Å². The lowest BCUT2D eigenvalue weighted by molar-refractivity contribution is -0.139. The summed E-state index contributed by atoms with van der Waals surface area (Å²) < 4.78 is 4.74. The highest BCUT2D eigenvalue weighted by molar-refractivity contribution is 7.16. The van der Waals surface area contributed by atoms with E-state index in [-0.39, 0.29) is 18.2 Å². The van der Waals surface area contributed by atoms with Crippen molar-refractivity contribution < 1.29 is 14.3 Å². The second kappa shape index (κ2) is 5.97. The summed E-state index contributed by atoms with van der Waals surface area (Å²) in [5.74, 6) is -0.771. The van der Waals surface area contributed by atoms with Crippen LogP contribution < -0.4 is 5.32 Å². The fourth-order valence-corrected chi connectivity index (χ4v) is 2.29. The number of halogens is 1. The largest absolute Gasteiger partial charge is 0.468 e. The number of esters is 1. The maximum absolute atomic E-state index is 11.8. The van der Waals surface area contributed by atoms with E-state index < -0.39 is 11.9 Å². The van der Waals surface area contributed by atoms with E-state index in [2.05, 4.69) is 15.0 Å². The molecule has 0 aliphatic rings. The van der Waals surface area contributed by atoms with Crippen molar-refractivity contribution in [3.05, 3.63) is 15.0 Å². The third-order valence-electron chi connectivity index (χ3n) is 1.99. The van der Waals surface area contributed by atoms with Gasteiger partial charge in [0.25, 0.3) is 5.91 Å². The smallest absolute Gasteiger partial charge is 0.325 e. The van der Waals surface area contributed by atoms with E-state index >= 15 is 0 Å². The maximum Gasteiger partial charge on any atom is 0.325 e. The van der Waals surface area contributed by atoms with Crippen molar-refractivity contribution in [2.24, 2.45) is 0 Å². The Hall–Kier alpha value is -1.14. The molecule has 1 heterocycles. The number of carbonyl (C=O) groups is 2. The number of ether oxygens (including phenoxy) is 1. The Morgan fingerprint density at radius 3 is 2.71 bits per heavy atom. The molecule has 0 fully saturated rings. The first-order valence-electron chi connectivity index (χ1n) is 4.97. The average molecular weight is 277 g/mol. The lowest BCUT2D eigenvalue weighted by Crippen LogP contribution is -2.31. The van der Waals surface area contributed by atoms with Gasteiger partial charge in [-0.05, 0) is 5.92 Å². The zero-order valence-corrected chi connectivity index (χ0v) is 11.3. The summed E-state index contributed by atoms with van der Waals surface area (Å²) in [6.45, 7) is 3.71. The summed E-state index contributed by atoms with van der Waals surface area (Å²) in [4.78, 5) is 27.4. The Morgan fingerprint density at radius 2 is 2.18 bits per heavy atom. The standard InChI is InChI=1S/C10H13ClN2O3S/c1-5(2)8-7(13-10(11)17-8)9(15)12-4-6(14)16-3/h5H,4H2,1-3H3,(H,12,15). The predicted molar refractivity (Wildman–Crippen MR) is 65.6 cm³/mol. The molecule has 0 aliphatic heterocycles. The first kappa shape index (κ1) is 13.9. The van der Waals surface area contributed by atoms with E-state index in [1.54, 1.807) is 0 Å². The summed E-state index contributed by atoms with van der Waals surface area (Å²) in [7, 11) is 1.26. The Kier molecular flexibility index (Phi) is 4.89. The minimum absolute atomic E-state index is 0.152. The van der Waals surface area contributed by atoms with Gasteiger partial charge in [-0.3, -0.25) is 9.59 Å². The first-order chi connectivity index (χ1) is 7.95. The van der Waals surface area contributed by atoms with Gasteiger partial charge in [0.1, 0.15) is 12.2 Å². The lowest BCUT2D eigenvalue weighted by Gasteiger charge is -2.05. The summed E-state index contributed by atoms with van der Waals surface area (Å²) in [5.41, 5.74) is 0.277. The van der Waals surface area contributed by atoms with Crippen LogP contribution in [0.5, 0.6) is 0 Å². The molecule has 0 saturated carbocycles. The molecule has 1 N–H and O–H groups in total. The summed E-state index contributed by atoms with van der Waals surface area (Å²) >= 11 is 7.05. The number of hydrogen-bond donors (Lipinski definition) is 1. The van der Waals surface area contributed by atoms with Crippen molar-refractivity contribution in [2.75, 3.05) is 13.7 Å². The van der Waals surface area contributed by atoms with Gasteiger partial charge in [0, 0.05) is 4.88 Å². The Labute approximate surface area is 108 Å². The highest BCUT2D eigenvalue weighted by Crippen LogP contribution is 2.29. The molecule has 17 heavy (non-hydrogen) atoms. The molecule has 1 amide bonds. The van der Waals surface area contributed by atoms with Crippen LogP contribution in [-0.2, 0) is 9.53 Å². The highest BCUT2D eigenvalue weighted by atomic mass is 35.5. The molecule has 0 aromatic carbocycles. The van der Waals surface area contributed by atoms with Crippen LogP contribution in [0.15, 0.2) is 0 Å². The molecule has 0 unspecified atom stereocenters. The quantitative estimate of drug-likeness (QED) is 0.852. The third kappa shape index (κ3) is 3.67. The number of aromatic nitrogens is 1. The van der Waals surface area contributed by atoms with Gasteiger partial charge < -0.3 is 10.1 Å². The molecular weight excluding hydrogens is 264 g/mol. The van der Waals surface area contributed by atoms with Crippen molar-refractivity contribution in [1.82, 2.24) is 10.3 Å². The molecule has 1 rings (SSSR count). The second-order valence-electron chi connectivity index (χ2n) is 3.59. The summed E-state index contributed by atoms with van der Waals surface area (Å²) in [5, 5.41) is 2.43. The van der Waals surface area contributed by atoms with E-state index in [0.29, 0.717) is 4.47 Å². The molecule has 0 radical (unpaired) electrons. The first-order valence-corrected chi connectivity index (χ1v) is 6.16. The Morgan fingerprint density at radius 1 is 1.53 bits per heavy atom. The third-order valence-corrected chi connectivity index (χ3v) is 3.45. The fraction of sp³-hybridized carbons (Fsp3) is 0.500. The zero-order valence-electron chi connectivity index (χ0n) is 9.74. The number of carbonyl (C=O) groups excluding carboxylic acids is 2. The van der Waals surface area contributed by atoms with E-state index in [0.717, 1.165) is 4.88 Å². The van der Waals surface area contributed by atoms with E-state index in [4.69, 9.17) is 11.6 Å². The molecule has 7 heteroatoms. The van der Waals surface area contributed by atoms with E-state index in [1.165, 1.54) is 18.4 Å². The Balaban J connectivity index is 2.78. The van der Waals surface area contributed by atoms with Gasteiger partial charge >= 0.3 is 5.97 Å². The van der Waals surface area contributed by atoms with Crippen LogP contribution in [0.4, 0.5) is 0 Å². The number of thiazole rings is 1. The van der Waals surface area contributed by atoms with Gasteiger partial charge in [0.05, 0.1) is 7.11 Å². The number of nitrogens with zero attached hydrogens (tertiary/aromatic N) is 1. The van der Waals surface area contributed by atoms with Crippen LogP contribution in [0.2, 0.25) is 4.47 Å². The number of nitrogens with one attached hydrogen (secondary N) is 1. The number of rotatable bonds is 4. The highest BCUT2D eigenvalue weighted by Gasteiger charge is 2.20. The second-order valence-corrected chi connectivity index (χ2v) is 5.21. The van der Waals surface area contributed by atoms with Crippen LogP contribution in [0, 0.1) is 0 Å². The van der Waals surface area contributed by atoms with Crippen LogP contribution in [-0.4, -0.2) is 30.5 Å². The molecule has 5 nitrogen and oxygen atoms in total.